The molecule has 1 aliphatic rings. The average molecular weight is 249 g/mol. The fourth-order valence-electron chi connectivity index (χ4n) is 1.51. The van der Waals surface area contributed by atoms with Gasteiger partial charge in [0.25, 0.3) is 0 Å². The highest BCUT2D eigenvalue weighted by atomic mass is 32.1. The Morgan fingerprint density at radius 1 is 1.59 bits per heavy atom. The Morgan fingerprint density at radius 2 is 2.24 bits per heavy atom. The van der Waals surface area contributed by atoms with Crippen LogP contribution in [0.4, 0.5) is 10.7 Å². The lowest BCUT2D eigenvalue weighted by atomic mass is 10.1. The summed E-state index contributed by atoms with van der Waals surface area (Å²) >= 11 is 1.31. The molecule has 0 radical (unpaired) electrons. The molecule has 4 nitrogen and oxygen atoms in total. The van der Waals surface area contributed by atoms with Crippen LogP contribution in [0.2, 0.25) is 0 Å². The first-order valence-corrected chi connectivity index (χ1v) is 6.49. The number of rotatable bonds is 4. The van der Waals surface area contributed by atoms with E-state index in [4.69, 9.17) is 11.0 Å². The number of hydrogen-bond donors (Lipinski definition) is 2. The molecule has 1 saturated carbocycles. The molecule has 0 saturated heterocycles. The molecule has 5 heteroatoms. The van der Waals surface area contributed by atoms with Crippen LogP contribution in [0.15, 0.2) is 0 Å². The number of hydrogen-bond acceptors (Lipinski definition) is 5. The predicted molar refractivity (Wildman–Crippen MR) is 69.3 cm³/mol. The fourth-order valence-corrected chi connectivity index (χ4v) is 2.75. The second kappa shape index (κ2) is 4.38. The van der Waals surface area contributed by atoms with Crippen LogP contribution in [-0.2, 0) is 0 Å². The molecular formula is C12H15N3OS. The number of nitrogen functional groups attached to an aromatic ring is 1. The number of carbonyl (C=O) groups excluding carboxylic acids is 1. The Kier molecular flexibility index (Phi) is 3.07. The lowest BCUT2D eigenvalue weighted by molar-refractivity contribution is 0.0944. The van der Waals surface area contributed by atoms with Crippen molar-refractivity contribution in [2.24, 2.45) is 5.92 Å². The van der Waals surface area contributed by atoms with Gasteiger partial charge in [0.1, 0.15) is 16.6 Å². The minimum Gasteiger partial charge on any atom is -0.396 e. The number of carbonyl (C=O) groups is 1. The molecule has 1 heterocycles. The number of nitrogens with one attached hydrogen (secondary N) is 1. The van der Waals surface area contributed by atoms with Crippen LogP contribution in [0.1, 0.15) is 41.9 Å². The van der Waals surface area contributed by atoms with Gasteiger partial charge in [-0.3, -0.25) is 4.79 Å². The monoisotopic (exact) mass is 249 g/mol. The number of nitrogens with zero attached hydrogens (tertiary/aromatic N) is 1. The zero-order valence-corrected chi connectivity index (χ0v) is 10.7. The maximum Gasteiger partial charge on any atom is 0.177 e. The molecule has 0 bridgehead atoms. The number of nitrogens with two attached hydrogens (primary N) is 1. The molecule has 0 aromatic carbocycles. The van der Waals surface area contributed by atoms with Crippen LogP contribution in [0.3, 0.4) is 0 Å². The summed E-state index contributed by atoms with van der Waals surface area (Å²) < 4.78 is 0. The van der Waals surface area contributed by atoms with E-state index in [2.05, 4.69) is 11.4 Å². The number of anilines is 2. The van der Waals surface area contributed by atoms with Gasteiger partial charge in [-0.2, -0.15) is 5.26 Å². The van der Waals surface area contributed by atoms with Crippen LogP contribution in [-0.4, -0.2) is 11.8 Å². The van der Waals surface area contributed by atoms with Crippen LogP contribution < -0.4 is 11.1 Å². The Labute approximate surface area is 104 Å². The number of nitriles is 1. The van der Waals surface area contributed by atoms with Crippen LogP contribution in [0.5, 0.6) is 0 Å². The lowest BCUT2D eigenvalue weighted by Gasteiger charge is -2.01. The number of thiophene rings is 1. The Hall–Kier alpha value is -1.54. The van der Waals surface area contributed by atoms with Gasteiger partial charge >= 0.3 is 0 Å². The van der Waals surface area contributed by atoms with Gasteiger partial charge in [-0.1, -0.05) is 13.8 Å². The molecule has 1 aromatic rings. The van der Waals surface area contributed by atoms with E-state index >= 15 is 0 Å². The molecule has 0 unspecified atom stereocenters. The SMILES string of the molecule is CC(C)C(=O)c1sc(NC2CC2)c(C#N)c1N. The van der Waals surface area contributed by atoms with Crippen molar-refractivity contribution in [1.29, 1.82) is 5.26 Å². The largest absolute Gasteiger partial charge is 0.396 e. The van der Waals surface area contributed by atoms with Crippen LogP contribution in [0, 0.1) is 17.2 Å². The predicted octanol–water partition coefficient (Wildman–Crippen LogP) is 2.61. The lowest BCUT2D eigenvalue weighted by Crippen LogP contribution is -2.07. The molecule has 1 aliphatic carbocycles. The summed E-state index contributed by atoms with van der Waals surface area (Å²) in [5.41, 5.74) is 6.63. The Balaban J connectivity index is 2.37. The maximum atomic E-state index is 11.9. The van der Waals surface area contributed by atoms with Crippen molar-refractivity contribution in [1.82, 2.24) is 0 Å². The van der Waals surface area contributed by atoms with E-state index in [0.29, 0.717) is 22.2 Å². The standard InChI is InChI=1S/C12H15N3OS/c1-6(2)10(16)11-9(14)8(5-13)12(17-11)15-7-3-4-7/h6-7,15H,3-4,14H2,1-2H3. The zero-order chi connectivity index (χ0) is 12.6. The summed E-state index contributed by atoms with van der Waals surface area (Å²) in [6, 6.07) is 2.53. The van der Waals surface area contributed by atoms with Crippen molar-refractivity contribution in [2.45, 2.75) is 32.7 Å². The summed E-state index contributed by atoms with van der Waals surface area (Å²) in [5, 5.41) is 13.1. The first kappa shape index (κ1) is 11.9. The first-order valence-electron chi connectivity index (χ1n) is 5.67. The molecule has 0 aliphatic heterocycles. The maximum absolute atomic E-state index is 11.9. The molecule has 0 amide bonds. The van der Waals surface area contributed by atoms with Gasteiger partial charge in [0, 0.05) is 12.0 Å². The normalized spacial score (nSPS) is 14.7. The van der Waals surface area contributed by atoms with Gasteiger partial charge in [0.2, 0.25) is 0 Å². The van der Waals surface area contributed by atoms with E-state index in [1.54, 1.807) is 0 Å². The Morgan fingerprint density at radius 3 is 2.71 bits per heavy atom. The minimum atomic E-state index is -0.101. The van der Waals surface area contributed by atoms with Gasteiger partial charge in [-0.05, 0) is 12.8 Å². The van der Waals surface area contributed by atoms with Crippen LogP contribution in [0.25, 0.3) is 0 Å². The molecule has 1 fully saturated rings. The smallest absolute Gasteiger partial charge is 0.177 e. The molecule has 0 atom stereocenters. The van der Waals surface area contributed by atoms with Crippen molar-refractivity contribution in [2.75, 3.05) is 11.1 Å². The molecule has 2 rings (SSSR count). The molecule has 90 valence electrons. The van der Waals surface area contributed by atoms with Gasteiger partial charge in [0.15, 0.2) is 5.78 Å². The van der Waals surface area contributed by atoms with Crippen molar-refractivity contribution < 1.29 is 4.79 Å². The summed E-state index contributed by atoms with van der Waals surface area (Å²) in [6.45, 7) is 3.67. The summed E-state index contributed by atoms with van der Waals surface area (Å²) in [5.74, 6) is -0.0934. The summed E-state index contributed by atoms with van der Waals surface area (Å²) in [4.78, 5) is 12.5. The second-order valence-corrected chi connectivity index (χ2v) is 5.62. The van der Waals surface area contributed by atoms with E-state index in [1.807, 2.05) is 13.8 Å². The third kappa shape index (κ3) is 2.27. The van der Waals surface area contributed by atoms with E-state index in [1.165, 1.54) is 11.3 Å². The molecule has 1 aromatic heterocycles. The highest BCUT2D eigenvalue weighted by Crippen LogP contribution is 2.39. The average Bonchev–Trinajstić information content (AvgIpc) is 3.03. The molecular weight excluding hydrogens is 234 g/mol. The molecule has 0 spiro atoms. The molecule has 17 heavy (non-hydrogen) atoms. The quantitative estimate of drug-likeness (QED) is 0.804. The van der Waals surface area contributed by atoms with Crippen molar-refractivity contribution in [3.05, 3.63) is 10.4 Å². The van der Waals surface area contributed by atoms with Crippen molar-refractivity contribution >= 4 is 27.8 Å². The Bertz CT molecular complexity index is 495. The minimum absolute atomic E-state index is 0.00727. The van der Waals surface area contributed by atoms with Crippen molar-refractivity contribution in [3.63, 3.8) is 0 Å². The topological polar surface area (TPSA) is 78.9 Å². The molecule has 3 N–H and O–H groups in total. The summed E-state index contributed by atoms with van der Waals surface area (Å²) in [7, 11) is 0. The number of Topliss-reactive ketones (excluding diaryl/α,β-unsaturated/α-hetero) is 1. The van der Waals surface area contributed by atoms with Gasteiger partial charge in [0.05, 0.1) is 10.6 Å². The number of ketones is 1. The highest BCUT2D eigenvalue weighted by molar-refractivity contribution is 7.19. The first-order chi connectivity index (χ1) is 8.04. The van der Waals surface area contributed by atoms with E-state index in [9.17, 15) is 4.79 Å². The van der Waals surface area contributed by atoms with E-state index < -0.39 is 0 Å². The van der Waals surface area contributed by atoms with Crippen LogP contribution >= 0.6 is 11.3 Å². The zero-order valence-electron chi connectivity index (χ0n) is 9.91. The van der Waals surface area contributed by atoms with Gasteiger partial charge < -0.3 is 11.1 Å². The van der Waals surface area contributed by atoms with Crippen molar-refractivity contribution in [3.8, 4) is 6.07 Å². The third-order valence-electron chi connectivity index (χ3n) is 2.72. The fraction of sp³-hybridized carbons (Fsp3) is 0.500. The summed E-state index contributed by atoms with van der Waals surface area (Å²) in [6.07, 6.45) is 2.24. The van der Waals surface area contributed by atoms with E-state index in [0.717, 1.165) is 17.8 Å². The van der Waals surface area contributed by atoms with Gasteiger partial charge in [-0.15, -0.1) is 11.3 Å². The third-order valence-corrected chi connectivity index (χ3v) is 3.87. The highest BCUT2D eigenvalue weighted by Gasteiger charge is 2.27. The second-order valence-electron chi connectivity index (χ2n) is 4.60. The van der Waals surface area contributed by atoms with Gasteiger partial charge in [-0.25, -0.2) is 0 Å². The van der Waals surface area contributed by atoms with E-state index in [-0.39, 0.29) is 11.7 Å².